The van der Waals surface area contributed by atoms with Gasteiger partial charge in [0.1, 0.15) is 16.3 Å². The summed E-state index contributed by atoms with van der Waals surface area (Å²) in [6.45, 7) is 3.67. The van der Waals surface area contributed by atoms with E-state index in [9.17, 15) is 14.0 Å². The van der Waals surface area contributed by atoms with Crippen LogP contribution < -0.4 is 15.6 Å². The van der Waals surface area contributed by atoms with E-state index in [-0.39, 0.29) is 23.3 Å². The van der Waals surface area contributed by atoms with E-state index in [1.807, 2.05) is 11.5 Å². The first kappa shape index (κ1) is 26.5. The second kappa shape index (κ2) is 11.8. The van der Waals surface area contributed by atoms with Crippen LogP contribution in [0.15, 0.2) is 58.5 Å². The summed E-state index contributed by atoms with van der Waals surface area (Å²) in [5, 5.41) is 3.16. The minimum absolute atomic E-state index is 0.00293. The maximum absolute atomic E-state index is 13.7. The Morgan fingerprint density at radius 3 is 2.71 bits per heavy atom. The fourth-order valence-corrected chi connectivity index (χ4v) is 6.26. The first-order valence-corrected chi connectivity index (χ1v) is 14.3. The molecule has 38 heavy (non-hydrogen) atoms. The molecular formula is C26H25FN4O4S3. The Kier molecular flexibility index (Phi) is 8.22. The molecule has 0 aliphatic carbocycles. The van der Waals surface area contributed by atoms with Gasteiger partial charge in [-0.05, 0) is 80.5 Å². The number of anilines is 1. The van der Waals surface area contributed by atoms with Crippen LogP contribution >= 0.6 is 35.3 Å². The Labute approximate surface area is 231 Å². The largest absolute Gasteiger partial charge is 0.494 e. The smallest absolute Gasteiger partial charge is 0.278 e. The highest BCUT2D eigenvalue weighted by molar-refractivity contribution is 7.99. The maximum atomic E-state index is 13.7. The summed E-state index contributed by atoms with van der Waals surface area (Å²) >= 11 is 7.90. The van der Waals surface area contributed by atoms with Gasteiger partial charge < -0.3 is 19.4 Å². The lowest BCUT2D eigenvalue weighted by Crippen LogP contribution is -2.23. The molecule has 3 heterocycles. The molecule has 5 rings (SSSR count). The van der Waals surface area contributed by atoms with Crippen molar-refractivity contribution in [2.24, 2.45) is 0 Å². The third-order valence-electron chi connectivity index (χ3n) is 5.94. The summed E-state index contributed by atoms with van der Waals surface area (Å²) in [7, 11) is 0. The van der Waals surface area contributed by atoms with Gasteiger partial charge in [0.25, 0.3) is 5.56 Å². The van der Waals surface area contributed by atoms with Crippen molar-refractivity contribution in [1.29, 1.82) is 0 Å². The number of fused-ring (bicyclic) bond motifs is 1. The van der Waals surface area contributed by atoms with Crippen molar-refractivity contribution in [2.75, 3.05) is 24.3 Å². The van der Waals surface area contributed by atoms with Crippen molar-refractivity contribution < 1.29 is 18.7 Å². The lowest BCUT2D eigenvalue weighted by atomic mass is 10.2. The molecule has 1 aliphatic rings. The van der Waals surface area contributed by atoms with E-state index >= 15 is 0 Å². The molecule has 2 aromatic heterocycles. The van der Waals surface area contributed by atoms with Crippen molar-refractivity contribution in [3.05, 3.63) is 68.7 Å². The van der Waals surface area contributed by atoms with Gasteiger partial charge in [-0.25, -0.2) is 9.37 Å². The summed E-state index contributed by atoms with van der Waals surface area (Å²) in [5.74, 6) is 0.0378. The SMILES string of the molecule is CCOc1ccc(NC(=O)CSc2nc3c(sc(=S)n3C[C@@H]3CCCO3)c(=O)n2-c2ccc(F)cc2)cc1. The average molecular weight is 573 g/mol. The Hall–Kier alpha value is -3.06. The lowest BCUT2D eigenvalue weighted by molar-refractivity contribution is -0.113. The number of rotatable bonds is 9. The van der Waals surface area contributed by atoms with Gasteiger partial charge in [-0.1, -0.05) is 23.1 Å². The Morgan fingerprint density at radius 1 is 1.26 bits per heavy atom. The minimum atomic E-state index is -0.418. The van der Waals surface area contributed by atoms with E-state index in [4.69, 9.17) is 26.7 Å². The molecule has 1 aliphatic heterocycles. The molecule has 0 spiro atoms. The van der Waals surface area contributed by atoms with E-state index in [2.05, 4.69) is 5.32 Å². The van der Waals surface area contributed by atoms with E-state index < -0.39 is 5.82 Å². The molecule has 1 atom stereocenters. The van der Waals surface area contributed by atoms with Gasteiger partial charge >= 0.3 is 0 Å². The first-order valence-electron chi connectivity index (χ1n) is 12.1. The fourth-order valence-electron chi connectivity index (χ4n) is 4.17. The molecule has 0 radical (unpaired) electrons. The second-order valence-electron chi connectivity index (χ2n) is 8.57. The number of amides is 1. The molecule has 0 bridgehead atoms. The molecule has 8 nitrogen and oxygen atoms in total. The molecule has 1 N–H and O–H groups in total. The van der Waals surface area contributed by atoms with Gasteiger partial charge in [0, 0.05) is 12.3 Å². The van der Waals surface area contributed by atoms with E-state index in [0.717, 1.165) is 24.6 Å². The van der Waals surface area contributed by atoms with Gasteiger partial charge in [-0.2, -0.15) is 0 Å². The minimum Gasteiger partial charge on any atom is -0.494 e. The van der Waals surface area contributed by atoms with Crippen LogP contribution in [0.1, 0.15) is 19.8 Å². The van der Waals surface area contributed by atoms with Crippen molar-refractivity contribution in [2.45, 2.75) is 37.6 Å². The highest BCUT2D eigenvalue weighted by atomic mass is 32.2. The van der Waals surface area contributed by atoms with Crippen LogP contribution in [0.25, 0.3) is 16.0 Å². The van der Waals surface area contributed by atoms with Crippen LogP contribution in [0, 0.1) is 9.77 Å². The zero-order valence-corrected chi connectivity index (χ0v) is 23.0. The quantitative estimate of drug-likeness (QED) is 0.163. The number of carbonyl (C=O) groups excluding carboxylic acids is 1. The van der Waals surface area contributed by atoms with Gasteiger partial charge in [0.2, 0.25) is 5.91 Å². The predicted octanol–water partition coefficient (Wildman–Crippen LogP) is 5.43. The number of aromatic nitrogens is 3. The lowest BCUT2D eigenvalue weighted by Gasteiger charge is -2.14. The van der Waals surface area contributed by atoms with E-state index in [1.54, 1.807) is 24.3 Å². The first-order chi connectivity index (χ1) is 18.4. The maximum Gasteiger partial charge on any atom is 0.278 e. The third-order valence-corrected chi connectivity index (χ3v) is 8.30. The van der Waals surface area contributed by atoms with Crippen molar-refractivity contribution in [3.8, 4) is 11.4 Å². The number of hydrogen-bond donors (Lipinski definition) is 1. The molecule has 0 saturated carbocycles. The van der Waals surface area contributed by atoms with Gasteiger partial charge in [-0.3, -0.25) is 14.2 Å². The number of nitrogens with zero attached hydrogens (tertiary/aromatic N) is 3. The van der Waals surface area contributed by atoms with Crippen LogP contribution in [0.3, 0.4) is 0 Å². The fraction of sp³-hybridized carbons (Fsp3) is 0.308. The molecule has 4 aromatic rings. The van der Waals surface area contributed by atoms with Crippen molar-refractivity contribution >= 4 is 57.3 Å². The number of benzene rings is 2. The van der Waals surface area contributed by atoms with Crippen LogP contribution in [-0.2, 0) is 16.1 Å². The Balaban J connectivity index is 1.46. The molecular weight excluding hydrogens is 548 g/mol. The highest BCUT2D eigenvalue weighted by Gasteiger charge is 2.22. The molecule has 2 aromatic carbocycles. The summed E-state index contributed by atoms with van der Waals surface area (Å²) in [6, 6.07) is 12.7. The number of ether oxygens (including phenoxy) is 2. The molecule has 12 heteroatoms. The van der Waals surface area contributed by atoms with Crippen molar-refractivity contribution in [1.82, 2.24) is 14.1 Å². The van der Waals surface area contributed by atoms with Gasteiger partial charge in [0.05, 0.1) is 30.7 Å². The summed E-state index contributed by atoms with van der Waals surface area (Å²) in [4.78, 5) is 31.3. The number of halogens is 1. The van der Waals surface area contributed by atoms with Crippen LogP contribution in [0.4, 0.5) is 10.1 Å². The van der Waals surface area contributed by atoms with Crippen LogP contribution in [-0.4, -0.2) is 45.1 Å². The predicted molar refractivity (Wildman–Crippen MR) is 150 cm³/mol. The monoisotopic (exact) mass is 572 g/mol. The second-order valence-corrected chi connectivity index (χ2v) is 11.2. The van der Waals surface area contributed by atoms with Gasteiger partial charge in [-0.15, -0.1) is 0 Å². The summed E-state index contributed by atoms with van der Waals surface area (Å²) in [6.07, 6.45) is 1.91. The number of thioether (sulfide) groups is 1. The van der Waals surface area contributed by atoms with E-state index in [1.165, 1.54) is 40.2 Å². The van der Waals surface area contributed by atoms with E-state index in [0.29, 0.717) is 56.3 Å². The normalized spacial score (nSPS) is 15.2. The van der Waals surface area contributed by atoms with Crippen LogP contribution in [0.5, 0.6) is 5.75 Å². The number of nitrogens with one attached hydrogen (secondary N) is 1. The molecule has 1 amide bonds. The number of carbonyl (C=O) groups is 1. The van der Waals surface area contributed by atoms with Crippen LogP contribution in [0.2, 0.25) is 0 Å². The number of thiazole rings is 1. The molecule has 0 unspecified atom stereocenters. The molecule has 1 saturated heterocycles. The zero-order chi connectivity index (χ0) is 26.6. The standard InChI is InChI=1S/C26H25FN4O4S3/c1-2-34-19-11-7-17(8-12-19)28-21(32)15-37-25-29-23-22(24(33)31(25)18-9-5-16(27)6-10-18)38-26(36)30(23)14-20-4-3-13-35-20/h5-12,20H,2-4,13-15H2,1H3,(H,28,32)/t20-/m0/s1. The van der Waals surface area contributed by atoms with Gasteiger partial charge in [0.15, 0.2) is 14.8 Å². The third kappa shape index (κ3) is 5.83. The Bertz CT molecular complexity index is 1560. The summed E-state index contributed by atoms with van der Waals surface area (Å²) in [5.41, 5.74) is 1.22. The average Bonchev–Trinajstić information content (AvgIpc) is 3.53. The topological polar surface area (TPSA) is 87.4 Å². The molecule has 198 valence electrons. The number of hydrogen-bond acceptors (Lipinski definition) is 8. The molecule has 1 fully saturated rings. The zero-order valence-electron chi connectivity index (χ0n) is 20.5. The summed E-state index contributed by atoms with van der Waals surface area (Å²) < 4.78 is 29.0. The Morgan fingerprint density at radius 2 is 2.03 bits per heavy atom. The highest BCUT2D eigenvalue weighted by Crippen LogP contribution is 2.27. The van der Waals surface area contributed by atoms with Crippen molar-refractivity contribution in [3.63, 3.8) is 0 Å².